The lowest BCUT2D eigenvalue weighted by Gasteiger charge is -2.30. The number of aryl methyl sites for hydroxylation is 1. The van der Waals surface area contributed by atoms with Gasteiger partial charge in [0.15, 0.2) is 0 Å². The van der Waals surface area contributed by atoms with Crippen molar-refractivity contribution in [1.29, 1.82) is 0 Å². The molecule has 0 saturated heterocycles. The van der Waals surface area contributed by atoms with E-state index in [4.69, 9.17) is 0 Å². The van der Waals surface area contributed by atoms with Crippen LogP contribution in [0.2, 0.25) is 0 Å². The Balaban J connectivity index is 2.12. The summed E-state index contributed by atoms with van der Waals surface area (Å²) >= 11 is 0. The first-order valence-corrected chi connectivity index (χ1v) is 8.30. The number of hydrogen-bond donors (Lipinski definition) is 3. The van der Waals surface area contributed by atoms with Gasteiger partial charge in [0.1, 0.15) is 11.6 Å². The number of nitrogens with one attached hydrogen (secondary N) is 3. The van der Waals surface area contributed by atoms with Crippen molar-refractivity contribution >= 4 is 23.4 Å². The molecule has 0 unspecified atom stereocenters. The molecule has 6 nitrogen and oxygen atoms in total. The molecule has 2 rings (SSSR count). The van der Waals surface area contributed by atoms with Gasteiger partial charge in [-0.2, -0.15) is 0 Å². The highest BCUT2D eigenvalue weighted by molar-refractivity contribution is 6.02. The molecule has 1 aromatic rings. The Kier molecular flexibility index (Phi) is 5.59. The third-order valence-corrected chi connectivity index (χ3v) is 4.46. The molecule has 0 bridgehead atoms. The van der Waals surface area contributed by atoms with Gasteiger partial charge in [0.05, 0.1) is 0 Å². The predicted molar refractivity (Wildman–Crippen MR) is 92.4 cm³/mol. The van der Waals surface area contributed by atoms with E-state index < -0.39 is 11.6 Å². The van der Waals surface area contributed by atoms with Crippen LogP contribution in [-0.2, 0) is 14.4 Å². The molecule has 0 radical (unpaired) electrons. The molecule has 3 N–H and O–H groups in total. The summed E-state index contributed by atoms with van der Waals surface area (Å²) in [5, 5.41) is 8.36. The minimum absolute atomic E-state index is 0.197. The van der Waals surface area contributed by atoms with Crippen molar-refractivity contribution in [2.75, 3.05) is 5.32 Å². The molecule has 0 spiro atoms. The van der Waals surface area contributed by atoms with E-state index in [1.807, 2.05) is 31.2 Å². The molecule has 1 aliphatic carbocycles. The zero-order valence-corrected chi connectivity index (χ0v) is 14.4. The average Bonchev–Trinajstić information content (AvgIpc) is 2.98. The van der Waals surface area contributed by atoms with Crippen molar-refractivity contribution in [2.24, 2.45) is 0 Å². The number of benzene rings is 1. The topological polar surface area (TPSA) is 87.3 Å². The van der Waals surface area contributed by atoms with E-state index in [9.17, 15) is 14.4 Å². The van der Waals surface area contributed by atoms with Gasteiger partial charge in [-0.25, -0.2) is 0 Å². The van der Waals surface area contributed by atoms with Gasteiger partial charge >= 0.3 is 0 Å². The molecule has 24 heavy (non-hydrogen) atoms. The fourth-order valence-electron chi connectivity index (χ4n) is 3.06. The van der Waals surface area contributed by atoms with E-state index in [1.54, 1.807) is 6.92 Å². The Labute approximate surface area is 142 Å². The zero-order valence-electron chi connectivity index (χ0n) is 14.4. The van der Waals surface area contributed by atoms with Crippen molar-refractivity contribution in [1.82, 2.24) is 10.6 Å². The van der Waals surface area contributed by atoms with E-state index in [0.29, 0.717) is 12.8 Å². The van der Waals surface area contributed by atoms with Gasteiger partial charge in [-0.1, -0.05) is 31.0 Å². The lowest BCUT2D eigenvalue weighted by molar-refractivity contribution is -0.132. The van der Waals surface area contributed by atoms with E-state index in [-0.39, 0.29) is 17.7 Å². The first-order valence-electron chi connectivity index (χ1n) is 8.30. The van der Waals surface area contributed by atoms with E-state index >= 15 is 0 Å². The Morgan fingerprint density at radius 2 is 1.75 bits per heavy atom. The third kappa shape index (κ3) is 4.13. The zero-order chi connectivity index (χ0) is 17.7. The van der Waals surface area contributed by atoms with Crippen LogP contribution in [0.25, 0.3) is 0 Å². The molecule has 130 valence electrons. The molecule has 3 amide bonds. The summed E-state index contributed by atoms with van der Waals surface area (Å²) in [5.74, 6) is -0.813. The molecule has 1 saturated carbocycles. The maximum atomic E-state index is 12.9. The highest BCUT2D eigenvalue weighted by Gasteiger charge is 2.43. The van der Waals surface area contributed by atoms with Crippen LogP contribution in [0.4, 0.5) is 5.69 Å². The SMILES string of the molecule is CC(=O)N[C@@H](C)C(=O)NC1(C(=O)Nc2ccccc2C)CCCC1. The normalized spacial score (nSPS) is 17.0. The molecule has 0 aromatic heterocycles. The molecular formula is C18H25N3O3. The molecule has 0 aliphatic heterocycles. The lowest BCUT2D eigenvalue weighted by Crippen LogP contribution is -2.59. The van der Waals surface area contributed by atoms with Gasteiger partial charge < -0.3 is 16.0 Å². The van der Waals surface area contributed by atoms with Crippen molar-refractivity contribution in [2.45, 2.75) is 58.0 Å². The predicted octanol–water partition coefficient (Wildman–Crippen LogP) is 1.89. The Morgan fingerprint density at radius 1 is 1.12 bits per heavy atom. The largest absolute Gasteiger partial charge is 0.345 e. The molecule has 6 heteroatoms. The monoisotopic (exact) mass is 331 g/mol. The second-order valence-electron chi connectivity index (χ2n) is 6.47. The number of para-hydroxylation sites is 1. The van der Waals surface area contributed by atoms with Crippen LogP contribution in [0.3, 0.4) is 0 Å². The minimum atomic E-state index is -0.911. The summed E-state index contributed by atoms with van der Waals surface area (Å²) in [6.45, 7) is 4.90. The van der Waals surface area contributed by atoms with Gasteiger partial charge in [-0.15, -0.1) is 0 Å². The maximum Gasteiger partial charge on any atom is 0.250 e. The molecule has 1 atom stereocenters. The fraction of sp³-hybridized carbons (Fsp3) is 0.500. The van der Waals surface area contributed by atoms with Gasteiger partial charge in [-0.05, 0) is 38.3 Å². The first kappa shape index (κ1) is 18.0. The van der Waals surface area contributed by atoms with Crippen molar-refractivity contribution < 1.29 is 14.4 Å². The summed E-state index contributed by atoms with van der Waals surface area (Å²) in [6.07, 6.45) is 2.97. The Hall–Kier alpha value is -2.37. The number of rotatable bonds is 5. The van der Waals surface area contributed by atoms with Gasteiger partial charge in [0, 0.05) is 12.6 Å². The second kappa shape index (κ2) is 7.47. The maximum absolute atomic E-state index is 12.9. The number of hydrogen-bond acceptors (Lipinski definition) is 3. The van der Waals surface area contributed by atoms with E-state index in [2.05, 4.69) is 16.0 Å². The van der Waals surface area contributed by atoms with Crippen LogP contribution in [0.15, 0.2) is 24.3 Å². The molecule has 1 aromatic carbocycles. The quantitative estimate of drug-likeness (QED) is 0.770. The van der Waals surface area contributed by atoms with Crippen LogP contribution in [-0.4, -0.2) is 29.3 Å². The average molecular weight is 331 g/mol. The minimum Gasteiger partial charge on any atom is -0.345 e. The lowest BCUT2D eigenvalue weighted by atomic mass is 9.95. The second-order valence-corrected chi connectivity index (χ2v) is 6.47. The molecular weight excluding hydrogens is 306 g/mol. The number of anilines is 1. The number of carbonyl (C=O) groups excluding carboxylic acids is 3. The highest BCUT2D eigenvalue weighted by Crippen LogP contribution is 2.31. The fourth-order valence-corrected chi connectivity index (χ4v) is 3.06. The van der Waals surface area contributed by atoms with Crippen LogP contribution < -0.4 is 16.0 Å². The van der Waals surface area contributed by atoms with Crippen molar-refractivity contribution in [3.63, 3.8) is 0 Å². The molecule has 0 heterocycles. The van der Waals surface area contributed by atoms with Crippen LogP contribution in [0, 0.1) is 6.92 Å². The smallest absolute Gasteiger partial charge is 0.250 e. The molecule has 1 aliphatic rings. The summed E-state index contributed by atoms with van der Waals surface area (Å²) in [4.78, 5) is 36.3. The number of amides is 3. The highest BCUT2D eigenvalue weighted by atomic mass is 16.2. The summed E-state index contributed by atoms with van der Waals surface area (Å²) in [7, 11) is 0. The third-order valence-electron chi connectivity index (χ3n) is 4.46. The standard InChI is InChI=1S/C18H25N3O3/c1-12-8-4-5-9-15(12)20-17(24)18(10-6-7-11-18)21-16(23)13(2)19-14(3)22/h4-5,8-9,13H,6-7,10-11H2,1-3H3,(H,19,22)(H,20,24)(H,21,23)/t13-/m0/s1. The summed E-state index contributed by atoms with van der Waals surface area (Å²) in [6, 6.07) is 6.87. The van der Waals surface area contributed by atoms with Crippen molar-refractivity contribution in [3.05, 3.63) is 29.8 Å². The molecule has 1 fully saturated rings. The van der Waals surface area contributed by atoms with Gasteiger partial charge in [-0.3, -0.25) is 14.4 Å². The van der Waals surface area contributed by atoms with Gasteiger partial charge in [0.25, 0.3) is 0 Å². The Morgan fingerprint density at radius 3 is 2.33 bits per heavy atom. The van der Waals surface area contributed by atoms with Crippen LogP contribution >= 0.6 is 0 Å². The number of carbonyl (C=O) groups is 3. The van der Waals surface area contributed by atoms with E-state index in [0.717, 1.165) is 24.1 Å². The van der Waals surface area contributed by atoms with Crippen LogP contribution in [0.1, 0.15) is 45.1 Å². The summed E-state index contributed by atoms with van der Waals surface area (Å²) in [5.41, 5.74) is 0.807. The van der Waals surface area contributed by atoms with Crippen LogP contribution in [0.5, 0.6) is 0 Å². The van der Waals surface area contributed by atoms with Gasteiger partial charge in [0.2, 0.25) is 17.7 Å². The first-order chi connectivity index (χ1) is 11.3. The van der Waals surface area contributed by atoms with E-state index in [1.165, 1.54) is 6.92 Å². The Bertz CT molecular complexity index is 636. The summed E-state index contributed by atoms with van der Waals surface area (Å²) < 4.78 is 0. The van der Waals surface area contributed by atoms with Crippen molar-refractivity contribution in [3.8, 4) is 0 Å².